The van der Waals surface area contributed by atoms with Crippen LogP contribution in [-0.2, 0) is 14.8 Å². The quantitative estimate of drug-likeness (QED) is 0.871. The van der Waals surface area contributed by atoms with Gasteiger partial charge in [-0.3, -0.25) is 4.79 Å². The molecule has 0 radical (unpaired) electrons. The van der Waals surface area contributed by atoms with Crippen molar-refractivity contribution in [2.24, 2.45) is 11.7 Å². The molecule has 1 saturated heterocycles. The van der Waals surface area contributed by atoms with Gasteiger partial charge in [0, 0.05) is 17.1 Å². The first-order valence-electron chi connectivity index (χ1n) is 6.49. The summed E-state index contributed by atoms with van der Waals surface area (Å²) in [5.41, 5.74) is 5.27. The molecule has 2 atom stereocenters. The molecule has 1 aliphatic rings. The SMILES string of the molecule is CC1CCC(C(N)=O)CN1S(=O)(=O)c1ccc(Br)cc1F. The number of nitrogens with two attached hydrogens (primary N) is 1. The minimum Gasteiger partial charge on any atom is -0.369 e. The minimum absolute atomic E-state index is 0.00562. The summed E-state index contributed by atoms with van der Waals surface area (Å²) in [4.78, 5) is 10.9. The lowest BCUT2D eigenvalue weighted by Gasteiger charge is -2.35. The summed E-state index contributed by atoms with van der Waals surface area (Å²) in [6.45, 7) is 1.74. The summed E-state index contributed by atoms with van der Waals surface area (Å²) in [7, 11) is -4.00. The van der Waals surface area contributed by atoms with Gasteiger partial charge in [-0.05, 0) is 38.0 Å². The van der Waals surface area contributed by atoms with Crippen LogP contribution in [0.15, 0.2) is 27.6 Å². The second-order valence-electron chi connectivity index (χ2n) is 5.18. The van der Waals surface area contributed by atoms with E-state index >= 15 is 0 Å². The number of sulfonamides is 1. The van der Waals surface area contributed by atoms with Gasteiger partial charge in [-0.1, -0.05) is 15.9 Å². The number of benzene rings is 1. The summed E-state index contributed by atoms with van der Waals surface area (Å²) in [6, 6.07) is 3.49. The normalized spacial score (nSPS) is 24.0. The Morgan fingerprint density at radius 1 is 1.43 bits per heavy atom. The van der Waals surface area contributed by atoms with Gasteiger partial charge in [0.15, 0.2) is 0 Å². The Balaban J connectivity index is 2.39. The molecule has 0 spiro atoms. The maximum Gasteiger partial charge on any atom is 0.246 e. The third-order valence-electron chi connectivity index (χ3n) is 3.71. The van der Waals surface area contributed by atoms with Crippen LogP contribution in [0, 0.1) is 11.7 Å². The van der Waals surface area contributed by atoms with E-state index in [-0.39, 0.29) is 17.5 Å². The minimum atomic E-state index is -4.00. The van der Waals surface area contributed by atoms with Gasteiger partial charge in [0.05, 0.1) is 5.92 Å². The number of carbonyl (C=O) groups excluding carboxylic acids is 1. The third-order valence-corrected chi connectivity index (χ3v) is 6.21. The highest BCUT2D eigenvalue weighted by molar-refractivity contribution is 9.10. The Morgan fingerprint density at radius 3 is 2.67 bits per heavy atom. The van der Waals surface area contributed by atoms with Gasteiger partial charge in [0.2, 0.25) is 15.9 Å². The molecular formula is C13H16BrFN2O3S. The average molecular weight is 379 g/mol. The van der Waals surface area contributed by atoms with Crippen LogP contribution < -0.4 is 5.73 Å². The van der Waals surface area contributed by atoms with E-state index in [4.69, 9.17) is 5.73 Å². The van der Waals surface area contributed by atoms with Crippen molar-refractivity contribution in [3.05, 3.63) is 28.5 Å². The van der Waals surface area contributed by atoms with Gasteiger partial charge < -0.3 is 5.73 Å². The Hall–Kier alpha value is -0.990. The monoisotopic (exact) mass is 378 g/mol. The van der Waals surface area contributed by atoms with Crippen LogP contribution in [0.4, 0.5) is 4.39 Å². The fraction of sp³-hybridized carbons (Fsp3) is 0.462. The molecule has 0 bridgehead atoms. The second-order valence-corrected chi connectivity index (χ2v) is 7.95. The van der Waals surface area contributed by atoms with Gasteiger partial charge in [0.25, 0.3) is 0 Å². The van der Waals surface area contributed by atoms with Gasteiger partial charge in [-0.15, -0.1) is 0 Å². The summed E-state index contributed by atoms with van der Waals surface area (Å²) < 4.78 is 40.8. The summed E-state index contributed by atoms with van der Waals surface area (Å²) >= 11 is 3.09. The predicted molar refractivity (Wildman–Crippen MR) is 79.4 cm³/mol. The molecule has 2 unspecified atom stereocenters. The molecule has 1 amide bonds. The van der Waals surface area contributed by atoms with Crippen molar-refractivity contribution in [2.75, 3.05) is 6.54 Å². The predicted octanol–water partition coefficient (Wildman–Crippen LogP) is 1.86. The molecule has 2 rings (SSSR count). The fourth-order valence-corrected chi connectivity index (χ4v) is 4.54. The van der Waals surface area contributed by atoms with Gasteiger partial charge in [-0.2, -0.15) is 4.31 Å². The van der Waals surface area contributed by atoms with Crippen molar-refractivity contribution in [2.45, 2.75) is 30.7 Å². The van der Waals surface area contributed by atoms with Crippen molar-refractivity contribution < 1.29 is 17.6 Å². The molecule has 1 heterocycles. The highest BCUT2D eigenvalue weighted by atomic mass is 79.9. The lowest BCUT2D eigenvalue weighted by Crippen LogP contribution is -2.48. The first kappa shape index (κ1) is 16.4. The van der Waals surface area contributed by atoms with Crippen LogP contribution in [0.1, 0.15) is 19.8 Å². The van der Waals surface area contributed by atoms with E-state index in [0.717, 1.165) is 10.4 Å². The number of hydrogen-bond acceptors (Lipinski definition) is 3. The van der Waals surface area contributed by atoms with Crippen molar-refractivity contribution in [3.63, 3.8) is 0 Å². The van der Waals surface area contributed by atoms with Crippen molar-refractivity contribution in [1.29, 1.82) is 0 Å². The molecule has 116 valence electrons. The lowest BCUT2D eigenvalue weighted by molar-refractivity contribution is -0.123. The van der Waals surface area contributed by atoms with Crippen LogP contribution in [0.5, 0.6) is 0 Å². The van der Waals surface area contributed by atoms with E-state index in [1.54, 1.807) is 6.92 Å². The number of carbonyl (C=O) groups is 1. The molecule has 1 fully saturated rings. The van der Waals surface area contributed by atoms with E-state index in [0.29, 0.717) is 17.3 Å². The first-order chi connectivity index (χ1) is 9.73. The van der Waals surface area contributed by atoms with Gasteiger partial charge >= 0.3 is 0 Å². The third kappa shape index (κ3) is 3.27. The molecule has 0 aliphatic carbocycles. The van der Waals surface area contributed by atoms with E-state index in [1.807, 2.05) is 0 Å². The number of nitrogens with zero attached hydrogens (tertiary/aromatic N) is 1. The zero-order valence-corrected chi connectivity index (χ0v) is 13.8. The zero-order chi connectivity index (χ0) is 15.8. The number of primary amides is 1. The Morgan fingerprint density at radius 2 is 2.10 bits per heavy atom. The summed E-state index contributed by atoms with van der Waals surface area (Å²) in [5.74, 6) is -1.88. The summed E-state index contributed by atoms with van der Waals surface area (Å²) in [5, 5.41) is 0. The molecule has 8 heteroatoms. The van der Waals surface area contributed by atoms with Gasteiger partial charge in [0.1, 0.15) is 10.7 Å². The number of amides is 1. The van der Waals surface area contributed by atoms with Crippen LogP contribution >= 0.6 is 15.9 Å². The van der Waals surface area contributed by atoms with E-state index in [1.165, 1.54) is 12.1 Å². The van der Waals surface area contributed by atoms with E-state index < -0.39 is 27.7 Å². The fourth-order valence-electron chi connectivity index (χ4n) is 2.45. The summed E-state index contributed by atoms with van der Waals surface area (Å²) in [6.07, 6.45) is 1.07. The standard InChI is InChI=1S/C13H16BrFN2O3S/c1-8-2-3-9(13(16)18)7-17(8)21(19,20)12-5-4-10(14)6-11(12)15/h4-6,8-9H,2-3,7H2,1H3,(H2,16,18). The molecular weight excluding hydrogens is 363 g/mol. The number of rotatable bonds is 3. The number of halogens is 2. The molecule has 1 aliphatic heterocycles. The molecule has 1 aromatic carbocycles. The van der Waals surface area contributed by atoms with E-state index in [2.05, 4.69) is 15.9 Å². The van der Waals surface area contributed by atoms with Crippen LogP contribution in [0.3, 0.4) is 0 Å². The second kappa shape index (κ2) is 6.02. The van der Waals surface area contributed by atoms with Crippen molar-refractivity contribution in [1.82, 2.24) is 4.31 Å². The van der Waals surface area contributed by atoms with E-state index in [9.17, 15) is 17.6 Å². The van der Waals surface area contributed by atoms with Crippen LogP contribution in [0.25, 0.3) is 0 Å². The molecule has 2 N–H and O–H groups in total. The van der Waals surface area contributed by atoms with Gasteiger partial charge in [-0.25, -0.2) is 12.8 Å². The van der Waals surface area contributed by atoms with Crippen molar-refractivity contribution >= 4 is 31.9 Å². The molecule has 1 aromatic rings. The maximum atomic E-state index is 14.0. The highest BCUT2D eigenvalue weighted by Crippen LogP contribution is 2.30. The van der Waals surface area contributed by atoms with Crippen LogP contribution in [0.2, 0.25) is 0 Å². The lowest BCUT2D eigenvalue weighted by atomic mass is 9.95. The average Bonchev–Trinajstić information content (AvgIpc) is 2.38. The molecule has 5 nitrogen and oxygen atoms in total. The number of piperidine rings is 1. The Bertz CT molecular complexity index is 665. The Kier molecular flexibility index (Phi) is 4.69. The molecule has 21 heavy (non-hydrogen) atoms. The largest absolute Gasteiger partial charge is 0.369 e. The van der Waals surface area contributed by atoms with Crippen LogP contribution in [-0.4, -0.2) is 31.2 Å². The topological polar surface area (TPSA) is 80.5 Å². The van der Waals surface area contributed by atoms with Crippen molar-refractivity contribution in [3.8, 4) is 0 Å². The zero-order valence-electron chi connectivity index (χ0n) is 11.4. The molecule has 0 aromatic heterocycles. The Labute approximate surface area is 131 Å². The number of hydrogen-bond donors (Lipinski definition) is 1. The smallest absolute Gasteiger partial charge is 0.246 e. The molecule has 0 saturated carbocycles. The maximum absolute atomic E-state index is 14.0. The highest BCUT2D eigenvalue weighted by Gasteiger charge is 2.37. The first-order valence-corrected chi connectivity index (χ1v) is 8.73.